The monoisotopic (exact) mass is 129 g/mol. The molecule has 1 rings (SSSR count). The van der Waals surface area contributed by atoms with E-state index in [-0.39, 0.29) is 24.3 Å². The van der Waals surface area contributed by atoms with E-state index in [4.69, 9.17) is 5.11 Å². The van der Waals surface area contributed by atoms with Crippen LogP contribution in [-0.4, -0.2) is 24.2 Å². The number of amides is 1. The molecular formula is C6H11NO2. The van der Waals surface area contributed by atoms with E-state index in [1.165, 1.54) is 0 Å². The predicted molar refractivity (Wildman–Crippen MR) is 32.7 cm³/mol. The fourth-order valence-electron chi connectivity index (χ4n) is 1.01. The lowest BCUT2D eigenvalue weighted by atomic mass is 9.99. The lowest BCUT2D eigenvalue weighted by Crippen LogP contribution is -2.17. The molecule has 0 aromatic rings. The van der Waals surface area contributed by atoms with Gasteiger partial charge < -0.3 is 10.4 Å². The molecule has 1 saturated heterocycles. The van der Waals surface area contributed by atoms with Crippen LogP contribution in [0.1, 0.15) is 6.92 Å². The van der Waals surface area contributed by atoms with Gasteiger partial charge in [0.1, 0.15) is 0 Å². The molecule has 3 nitrogen and oxygen atoms in total. The molecule has 2 N–H and O–H groups in total. The van der Waals surface area contributed by atoms with Gasteiger partial charge in [-0.05, 0) is 0 Å². The highest BCUT2D eigenvalue weighted by Gasteiger charge is 2.29. The topological polar surface area (TPSA) is 49.3 Å². The Balaban J connectivity index is 2.51. The Bertz CT molecular complexity index is 124. The Morgan fingerprint density at radius 1 is 1.89 bits per heavy atom. The molecule has 0 aromatic carbocycles. The Kier molecular flexibility index (Phi) is 1.71. The second-order valence-electron chi connectivity index (χ2n) is 2.48. The number of hydrogen-bond donors (Lipinski definition) is 2. The molecule has 0 radical (unpaired) electrons. The van der Waals surface area contributed by atoms with E-state index in [9.17, 15) is 4.79 Å². The lowest BCUT2D eigenvalue weighted by molar-refractivity contribution is -0.122. The molecule has 0 saturated carbocycles. The van der Waals surface area contributed by atoms with Gasteiger partial charge in [0.05, 0.1) is 0 Å². The van der Waals surface area contributed by atoms with Crippen LogP contribution in [0.25, 0.3) is 0 Å². The molecule has 0 aliphatic carbocycles. The fourth-order valence-corrected chi connectivity index (χ4v) is 1.01. The van der Waals surface area contributed by atoms with Crippen molar-refractivity contribution in [2.45, 2.75) is 6.92 Å². The van der Waals surface area contributed by atoms with Gasteiger partial charge >= 0.3 is 0 Å². The second-order valence-corrected chi connectivity index (χ2v) is 2.48. The highest BCUT2D eigenvalue weighted by molar-refractivity contribution is 5.80. The predicted octanol–water partition coefficient (Wildman–Crippen LogP) is -0.639. The van der Waals surface area contributed by atoms with E-state index in [1.807, 2.05) is 6.92 Å². The van der Waals surface area contributed by atoms with Crippen molar-refractivity contribution >= 4 is 5.91 Å². The summed E-state index contributed by atoms with van der Waals surface area (Å²) in [7, 11) is 0. The van der Waals surface area contributed by atoms with Crippen molar-refractivity contribution in [1.29, 1.82) is 0 Å². The molecule has 1 aliphatic heterocycles. The number of nitrogens with one attached hydrogen (secondary N) is 1. The molecule has 0 bridgehead atoms. The van der Waals surface area contributed by atoms with Crippen molar-refractivity contribution in [3.8, 4) is 0 Å². The minimum Gasteiger partial charge on any atom is -0.396 e. The first-order valence-electron chi connectivity index (χ1n) is 3.14. The summed E-state index contributed by atoms with van der Waals surface area (Å²) < 4.78 is 0. The van der Waals surface area contributed by atoms with Crippen LogP contribution in [0.4, 0.5) is 0 Å². The molecule has 0 spiro atoms. The van der Waals surface area contributed by atoms with Crippen molar-refractivity contribution < 1.29 is 9.90 Å². The number of hydrogen-bond acceptors (Lipinski definition) is 2. The maximum atomic E-state index is 10.7. The van der Waals surface area contributed by atoms with Gasteiger partial charge in [-0.2, -0.15) is 0 Å². The van der Waals surface area contributed by atoms with Gasteiger partial charge in [-0.3, -0.25) is 4.79 Å². The number of aliphatic hydroxyl groups is 1. The third kappa shape index (κ3) is 1.05. The molecule has 0 aromatic heterocycles. The molecule has 3 heteroatoms. The van der Waals surface area contributed by atoms with Gasteiger partial charge in [0.25, 0.3) is 0 Å². The van der Waals surface area contributed by atoms with E-state index in [1.54, 1.807) is 0 Å². The van der Waals surface area contributed by atoms with Crippen LogP contribution in [0.3, 0.4) is 0 Å². The SMILES string of the molecule is CC1C(=O)NCC1CO. The lowest BCUT2D eigenvalue weighted by Gasteiger charge is -2.05. The minimum absolute atomic E-state index is 0.00463. The Morgan fingerprint density at radius 2 is 2.56 bits per heavy atom. The molecule has 1 aliphatic rings. The largest absolute Gasteiger partial charge is 0.396 e. The molecule has 2 unspecified atom stereocenters. The summed E-state index contributed by atoms with van der Waals surface area (Å²) in [6, 6.07) is 0. The van der Waals surface area contributed by atoms with Crippen LogP contribution in [0.15, 0.2) is 0 Å². The first kappa shape index (κ1) is 6.55. The van der Waals surface area contributed by atoms with Gasteiger partial charge in [0.15, 0.2) is 0 Å². The summed E-state index contributed by atoms with van der Waals surface area (Å²) in [6.45, 7) is 2.58. The zero-order valence-electron chi connectivity index (χ0n) is 5.42. The Morgan fingerprint density at radius 3 is 2.78 bits per heavy atom. The molecule has 2 atom stereocenters. The normalized spacial score (nSPS) is 34.7. The van der Waals surface area contributed by atoms with Crippen LogP contribution in [0.5, 0.6) is 0 Å². The third-order valence-corrected chi connectivity index (χ3v) is 1.89. The molecule has 52 valence electrons. The first-order valence-corrected chi connectivity index (χ1v) is 3.14. The van der Waals surface area contributed by atoms with Gasteiger partial charge in [-0.25, -0.2) is 0 Å². The van der Waals surface area contributed by atoms with Crippen LogP contribution < -0.4 is 5.32 Å². The summed E-state index contributed by atoms with van der Waals surface area (Å²) in [4.78, 5) is 10.7. The smallest absolute Gasteiger partial charge is 0.223 e. The summed E-state index contributed by atoms with van der Waals surface area (Å²) in [5.74, 6) is 0.196. The maximum Gasteiger partial charge on any atom is 0.223 e. The van der Waals surface area contributed by atoms with Crippen molar-refractivity contribution in [2.24, 2.45) is 11.8 Å². The van der Waals surface area contributed by atoms with E-state index in [0.29, 0.717) is 6.54 Å². The zero-order chi connectivity index (χ0) is 6.85. The van der Waals surface area contributed by atoms with Gasteiger partial charge in [-0.15, -0.1) is 0 Å². The number of carbonyl (C=O) groups is 1. The number of carbonyl (C=O) groups excluding carboxylic acids is 1. The Hall–Kier alpha value is -0.570. The summed E-state index contributed by atoms with van der Waals surface area (Å²) >= 11 is 0. The van der Waals surface area contributed by atoms with E-state index >= 15 is 0 Å². The second kappa shape index (κ2) is 2.35. The van der Waals surface area contributed by atoms with E-state index < -0.39 is 0 Å². The number of aliphatic hydroxyl groups excluding tert-OH is 1. The molecule has 1 fully saturated rings. The quantitative estimate of drug-likeness (QED) is 0.495. The van der Waals surface area contributed by atoms with E-state index in [2.05, 4.69) is 5.32 Å². The highest BCUT2D eigenvalue weighted by Crippen LogP contribution is 2.15. The van der Waals surface area contributed by atoms with E-state index in [0.717, 1.165) is 0 Å². The summed E-state index contributed by atoms with van der Waals surface area (Å²) in [5.41, 5.74) is 0. The third-order valence-electron chi connectivity index (χ3n) is 1.89. The van der Waals surface area contributed by atoms with Crippen molar-refractivity contribution in [3.05, 3.63) is 0 Å². The Labute approximate surface area is 54.1 Å². The van der Waals surface area contributed by atoms with Gasteiger partial charge in [0, 0.05) is 25.0 Å². The fraction of sp³-hybridized carbons (Fsp3) is 0.833. The van der Waals surface area contributed by atoms with Crippen molar-refractivity contribution in [2.75, 3.05) is 13.2 Å². The van der Waals surface area contributed by atoms with Crippen molar-refractivity contribution in [3.63, 3.8) is 0 Å². The van der Waals surface area contributed by atoms with Crippen LogP contribution in [0.2, 0.25) is 0 Å². The van der Waals surface area contributed by atoms with Crippen LogP contribution in [0, 0.1) is 11.8 Å². The van der Waals surface area contributed by atoms with Crippen LogP contribution >= 0.6 is 0 Å². The maximum absolute atomic E-state index is 10.7. The average Bonchev–Trinajstić information content (AvgIpc) is 2.15. The summed E-state index contributed by atoms with van der Waals surface area (Å²) in [6.07, 6.45) is 0. The first-order chi connectivity index (χ1) is 4.25. The highest BCUT2D eigenvalue weighted by atomic mass is 16.3. The standard InChI is InChI=1S/C6H11NO2/c1-4-5(3-8)2-7-6(4)9/h4-5,8H,2-3H2,1H3,(H,7,9). The molecule has 1 amide bonds. The van der Waals surface area contributed by atoms with Gasteiger partial charge in [-0.1, -0.05) is 6.92 Å². The minimum atomic E-state index is -0.00463. The van der Waals surface area contributed by atoms with Gasteiger partial charge in [0.2, 0.25) is 5.91 Å². The zero-order valence-corrected chi connectivity index (χ0v) is 5.42. The summed E-state index contributed by atoms with van der Waals surface area (Å²) in [5, 5.41) is 11.3. The molecule has 9 heavy (non-hydrogen) atoms. The molecular weight excluding hydrogens is 118 g/mol. The van der Waals surface area contributed by atoms with Crippen molar-refractivity contribution in [1.82, 2.24) is 5.32 Å². The molecule has 1 heterocycles. The average molecular weight is 129 g/mol. The number of rotatable bonds is 1. The van der Waals surface area contributed by atoms with Crippen LogP contribution in [-0.2, 0) is 4.79 Å².